The standard InChI is InChI=1S/C22H28N2O4/c1-15-4-6-16(7-5-15)19(25)24-10-2-3-17(14-24)20(26)23-11-8-22(9-12-23)13-18(22)21(27)28/h4-7,17-18H,2-3,8-14H2,1H3,(H,27,28). The molecule has 0 bridgehead atoms. The molecule has 3 aliphatic rings. The van der Waals surface area contributed by atoms with Crippen molar-refractivity contribution in [1.82, 2.24) is 9.80 Å². The molecule has 2 amide bonds. The molecular weight excluding hydrogens is 356 g/mol. The van der Waals surface area contributed by atoms with Crippen LogP contribution in [0.15, 0.2) is 24.3 Å². The van der Waals surface area contributed by atoms with E-state index in [1.54, 1.807) is 0 Å². The van der Waals surface area contributed by atoms with Crippen molar-refractivity contribution in [1.29, 1.82) is 0 Å². The van der Waals surface area contributed by atoms with Crippen molar-refractivity contribution >= 4 is 17.8 Å². The van der Waals surface area contributed by atoms with Crippen molar-refractivity contribution in [3.8, 4) is 0 Å². The van der Waals surface area contributed by atoms with Gasteiger partial charge in [-0.1, -0.05) is 17.7 Å². The van der Waals surface area contributed by atoms with Crippen molar-refractivity contribution < 1.29 is 19.5 Å². The number of likely N-dealkylation sites (tertiary alicyclic amines) is 2. The molecule has 1 aromatic rings. The lowest BCUT2D eigenvalue weighted by atomic mass is 9.89. The summed E-state index contributed by atoms with van der Waals surface area (Å²) in [5.74, 6) is -0.938. The second-order valence-corrected chi connectivity index (χ2v) is 8.74. The van der Waals surface area contributed by atoms with Gasteiger partial charge in [-0.05, 0) is 56.6 Å². The van der Waals surface area contributed by atoms with Crippen LogP contribution in [0.1, 0.15) is 48.0 Å². The molecule has 28 heavy (non-hydrogen) atoms. The first-order chi connectivity index (χ1) is 13.4. The number of aliphatic carboxylic acids is 1. The summed E-state index contributed by atoms with van der Waals surface area (Å²) in [6, 6.07) is 7.57. The van der Waals surface area contributed by atoms with Crippen LogP contribution in [0.4, 0.5) is 0 Å². The Morgan fingerprint density at radius 2 is 1.71 bits per heavy atom. The van der Waals surface area contributed by atoms with Crippen LogP contribution in [0.2, 0.25) is 0 Å². The lowest BCUT2D eigenvalue weighted by Crippen LogP contribution is -2.49. The lowest BCUT2D eigenvalue weighted by Gasteiger charge is -2.38. The molecular formula is C22H28N2O4. The van der Waals surface area contributed by atoms with Crippen molar-refractivity contribution in [2.75, 3.05) is 26.2 Å². The number of rotatable bonds is 3. The van der Waals surface area contributed by atoms with E-state index in [4.69, 9.17) is 0 Å². The number of piperidine rings is 2. The van der Waals surface area contributed by atoms with Crippen LogP contribution >= 0.6 is 0 Å². The molecule has 0 aromatic heterocycles. The van der Waals surface area contributed by atoms with Crippen LogP contribution in [-0.2, 0) is 9.59 Å². The molecule has 2 heterocycles. The number of hydrogen-bond donors (Lipinski definition) is 1. The fourth-order valence-electron chi connectivity index (χ4n) is 4.92. The van der Waals surface area contributed by atoms with Gasteiger partial charge in [0.15, 0.2) is 0 Å². The molecule has 2 unspecified atom stereocenters. The number of carboxylic acids is 1. The highest BCUT2D eigenvalue weighted by molar-refractivity contribution is 5.94. The van der Waals surface area contributed by atoms with E-state index in [9.17, 15) is 19.5 Å². The normalized spacial score (nSPS) is 26.2. The van der Waals surface area contributed by atoms with Gasteiger partial charge in [-0.3, -0.25) is 14.4 Å². The molecule has 0 radical (unpaired) electrons. The van der Waals surface area contributed by atoms with E-state index in [-0.39, 0.29) is 29.1 Å². The molecule has 1 aromatic carbocycles. The van der Waals surface area contributed by atoms with Gasteiger partial charge in [-0.2, -0.15) is 0 Å². The Bertz CT molecular complexity index is 780. The monoisotopic (exact) mass is 384 g/mol. The smallest absolute Gasteiger partial charge is 0.307 e. The molecule has 1 spiro atoms. The summed E-state index contributed by atoms with van der Waals surface area (Å²) < 4.78 is 0. The van der Waals surface area contributed by atoms with Gasteiger partial charge in [0.05, 0.1) is 11.8 Å². The minimum atomic E-state index is -0.697. The van der Waals surface area contributed by atoms with Crippen molar-refractivity contribution in [2.45, 2.75) is 39.0 Å². The van der Waals surface area contributed by atoms with E-state index in [2.05, 4.69) is 0 Å². The summed E-state index contributed by atoms with van der Waals surface area (Å²) >= 11 is 0. The molecule has 2 saturated heterocycles. The van der Waals surface area contributed by atoms with E-state index in [0.29, 0.717) is 31.7 Å². The Kier molecular flexibility index (Phi) is 4.89. The molecule has 2 atom stereocenters. The highest BCUT2D eigenvalue weighted by Crippen LogP contribution is 2.59. The van der Waals surface area contributed by atoms with Gasteiger partial charge in [-0.25, -0.2) is 0 Å². The fourth-order valence-corrected chi connectivity index (χ4v) is 4.92. The number of aryl methyl sites for hydroxylation is 1. The van der Waals surface area contributed by atoms with Crippen molar-refractivity contribution in [3.63, 3.8) is 0 Å². The number of benzene rings is 1. The van der Waals surface area contributed by atoms with E-state index in [0.717, 1.165) is 37.7 Å². The highest BCUT2D eigenvalue weighted by atomic mass is 16.4. The average Bonchev–Trinajstić information content (AvgIpc) is 3.42. The first kappa shape index (κ1) is 19.0. The van der Waals surface area contributed by atoms with E-state index in [1.807, 2.05) is 41.0 Å². The maximum atomic E-state index is 13.0. The summed E-state index contributed by atoms with van der Waals surface area (Å²) in [5.41, 5.74) is 1.72. The maximum Gasteiger partial charge on any atom is 0.307 e. The van der Waals surface area contributed by atoms with Crippen LogP contribution < -0.4 is 0 Å². The van der Waals surface area contributed by atoms with Gasteiger partial charge in [0.25, 0.3) is 5.91 Å². The SMILES string of the molecule is Cc1ccc(C(=O)N2CCCC(C(=O)N3CCC4(CC3)CC4C(=O)O)C2)cc1. The number of hydrogen-bond acceptors (Lipinski definition) is 3. The van der Waals surface area contributed by atoms with E-state index >= 15 is 0 Å². The minimum Gasteiger partial charge on any atom is -0.481 e. The predicted octanol–water partition coefficient (Wildman–Crippen LogP) is 2.56. The number of carboxylic acid groups (broad SMARTS) is 1. The number of carbonyl (C=O) groups excluding carboxylic acids is 2. The molecule has 3 fully saturated rings. The minimum absolute atomic E-state index is 0.00243. The van der Waals surface area contributed by atoms with Gasteiger partial charge in [0.2, 0.25) is 5.91 Å². The average molecular weight is 384 g/mol. The van der Waals surface area contributed by atoms with Crippen molar-refractivity contribution in [2.24, 2.45) is 17.3 Å². The quantitative estimate of drug-likeness (QED) is 0.869. The molecule has 1 saturated carbocycles. The molecule has 1 aliphatic carbocycles. The van der Waals surface area contributed by atoms with Crippen LogP contribution in [0.3, 0.4) is 0 Å². The Labute approximate surface area is 165 Å². The summed E-state index contributed by atoms with van der Waals surface area (Å²) in [7, 11) is 0. The maximum absolute atomic E-state index is 13.0. The Morgan fingerprint density at radius 3 is 2.32 bits per heavy atom. The van der Waals surface area contributed by atoms with Crippen LogP contribution in [0, 0.1) is 24.2 Å². The van der Waals surface area contributed by atoms with Gasteiger partial charge >= 0.3 is 5.97 Å². The van der Waals surface area contributed by atoms with Crippen LogP contribution in [-0.4, -0.2) is 58.9 Å². The zero-order valence-corrected chi connectivity index (χ0v) is 16.4. The second kappa shape index (κ2) is 7.22. The number of amides is 2. The summed E-state index contributed by atoms with van der Waals surface area (Å²) in [6.45, 7) is 4.45. The third kappa shape index (κ3) is 3.52. The van der Waals surface area contributed by atoms with E-state index in [1.165, 1.54) is 0 Å². The fraction of sp³-hybridized carbons (Fsp3) is 0.591. The Morgan fingerprint density at radius 1 is 1.04 bits per heavy atom. The first-order valence-corrected chi connectivity index (χ1v) is 10.3. The second-order valence-electron chi connectivity index (χ2n) is 8.74. The lowest BCUT2D eigenvalue weighted by molar-refractivity contribution is -0.140. The molecule has 150 valence electrons. The van der Waals surface area contributed by atoms with Crippen molar-refractivity contribution in [3.05, 3.63) is 35.4 Å². The largest absolute Gasteiger partial charge is 0.481 e. The first-order valence-electron chi connectivity index (χ1n) is 10.3. The van der Waals surface area contributed by atoms with Gasteiger partial charge in [0.1, 0.15) is 0 Å². The van der Waals surface area contributed by atoms with Gasteiger partial charge < -0.3 is 14.9 Å². The Balaban J connectivity index is 1.34. The Hall–Kier alpha value is -2.37. The topological polar surface area (TPSA) is 77.9 Å². The molecule has 2 aliphatic heterocycles. The molecule has 6 nitrogen and oxygen atoms in total. The predicted molar refractivity (Wildman–Crippen MR) is 104 cm³/mol. The number of carbonyl (C=O) groups is 3. The van der Waals surface area contributed by atoms with Crippen LogP contribution in [0.25, 0.3) is 0 Å². The zero-order chi connectivity index (χ0) is 19.9. The zero-order valence-electron chi connectivity index (χ0n) is 16.4. The molecule has 4 rings (SSSR count). The summed E-state index contributed by atoms with van der Waals surface area (Å²) in [5, 5.41) is 9.22. The highest BCUT2D eigenvalue weighted by Gasteiger charge is 2.59. The van der Waals surface area contributed by atoms with E-state index < -0.39 is 5.97 Å². The molecule has 1 N–H and O–H groups in total. The third-order valence-electron chi connectivity index (χ3n) is 6.92. The molecule has 6 heteroatoms. The van der Waals surface area contributed by atoms with Gasteiger partial charge in [0, 0.05) is 31.7 Å². The van der Waals surface area contributed by atoms with Gasteiger partial charge in [-0.15, -0.1) is 0 Å². The third-order valence-corrected chi connectivity index (χ3v) is 6.92. The summed E-state index contributed by atoms with van der Waals surface area (Å²) in [4.78, 5) is 40.7. The number of nitrogens with zero attached hydrogens (tertiary/aromatic N) is 2. The van der Waals surface area contributed by atoms with Crippen LogP contribution in [0.5, 0.6) is 0 Å². The summed E-state index contributed by atoms with van der Waals surface area (Å²) in [6.07, 6.45) is 3.98.